The highest BCUT2D eigenvalue weighted by Gasteiger charge is 2.41. The van der Waals surface area contributed by atoms with Gasteiger partial charge >= 0.3 is 5.97 Å². The molecule has 1 saturated heterocycles. The summed E-state index contributed by atoms with van der Waals surface area (Å²) in [6, 6.07) is 4.11. The van der Waals surface area contributed by atoms with Crippen LogP contribution in [0.2, 0.25) is 10.0 Å². The Hall–Kier alpha value is -0.820. The fraction of sp³-hybridized carbons (Fsp3) is 0.417. The number of hydrogen-bond acceptors (Lipinski definition) is 3. The fourth-order valence-electron chi connectivity index (χ4n) is 1.97. The van der Waals surface area contributed by atoms with Gasteiger partial charge in [0.2, 0.25) is 10.0 Å². The van der Waals surface area contributed by atoms with E-state index in [1.807, 2.05) is 0 Å². The van der Waals surface area contributed by atoms with Crippen molar-refractivity contribution < 1.29 is 18.3 Å². The van der Waals surface area contributed by atoms with E-state index in [1.54, 1.807) is 6.92 Å². The second-order valence-electron chi connectivity index (χ2n) is 4.78. The van der Waals surface area contributed by atoms with Crippen LogP contribution >= 0.6 is 23.2 Å². The predicted molar refractivity (Wildman–Crippen MR) is 75.5 cm³/mol. The van der Waals surface area contributed by atoms with Crippen LogP contribution in [0.5, 0.6) is 0 Å². The third-order valence-electron chi connectivity index (χ3n) is 3.50. The molecule has 1 fully saturated rings. The summed E-state index contributed by atoms with van der Waals surface area (Å²) in [5.41, 5.74) is 0. The number of carboxylic acids is 1. The van der Waals surface area contributed by atoms with Crippen LogP contribution in [-0.4, -0.2) is 36.9 Å². The van der Waals surface area contributed by atoms with Crippen LogP contribution in [0.3, 0.4) is 0 Å². The van der Waals surface area contributed by atoms with E-state index in [9.17, 15) is 13.2 Å². The number of carboxylic acid groups (broad SMARTS) is 1. The zero-order chi connectivity index (χ0) is 15.1. The van der Waals surface area contributed by atoms with Crippen molar-refractivity contribution in [2.24, 2.45) is 11.8 Å². The molecular weight excluding hydrogens is 325 g/mol. The molecule has 0 spiro atoms. The predicted octanol–water partition coefficient (Wildman–Crippen LogP) is 2.33. The van der Waals surface area contributed by atoms with Gasteiger partial charge in [-0.2, -0.15) is 4.31 Å². The molecule has 0 aromatic heterocycles. The molecule has 5 nitrogen and oxygen atoms in total. The smallest absolute Gasteiger partial charge is 0.306 e. The summed E-state index contributed by atoms with van der Waals surface area (Å²) in [6.45, 7) is 1.99. The van der Waals surface area contributed by atoms with Crippen molar-refractivity contribution in [2.45, 2.75) is 11.8 Å². The Morgan fingerprint density at radius 2 is 1.95 bits per heavy atom. The zero-order valence-electron chi connectivity index (χ0n) is 10.6. The summed E-state index contributed by atoms with van der Waals surface area (Å²) in [4.78, 5) is 10.9. The lowest BCUT2D eigenvalue weighted by Crippen LogP contribution is -2.53. The molecule has 8 heteroatoms. The maximum Gasteiger partial charge on any atom is 0.306 e. The van der Waals surface area contributed by atoms with Gasteiger partial charge in [-0.1, -0.05) is 30.1 Å². The van der Waals surface area contributed by atoms with Gasteiger partial charge in [-0.25, -0.2) is 8.42 Å². The van der Waals surface area contributed by atoms with Gasteiger partial charge in [0.15, 0.2) is 0 Å². The fourth-order valence-corrected chi connectivity index (χ4v) is 3.91. The van der Waals surface area contributed by atoms with Crippen molar-refractivity contribution in [3.63, 3.8) is 0 Å². The standard InChI is InChI=1S/C12H13Cl2NO4S/c1-7(12(16)17)8-5-15(6-8)20(18,19)9-2-3-10(13)11(14)4-9/h2-4,7-8H,5-6H2,1H3,(H,16,17). The summed E-state index contributed by atoms with van der Waals surface area (Å²) < 4.78 is 25.8. The van der Waals surface area contributed by atoms with E-state index >= 15 is 0 Å². The first-order valence-corrected chi connectivity index (χ1v) is 8.11. The first-order chi connectivity index (χ1) is 9.23. The lowest BCUT2D eigenvalue weighted by atomic mass is 9.89. The number of rotatable bonds is 4. The van der Waals surface area contributed by atoms with Crippen LogP contribution in [-0.2, 0) is 14.8 Å². The largest absolute Gasteiger partial charge is 0.481 e. The van der Waals surface area contributed by atoms with Crippen molar-refractivity contribution in [2.75, 3.05) is 13.1 Å². The molecule has 1 unspecified atom stereocenters. The molecule has 110 valence electrons. The quantitative estimate of drug-likeness (QED) is 0.914. The van der Waals surface area contributed by atoms with Crippen molar-refractivity contribution in [3.05, 3.63) is 28.2 Å². The molecule has 1 aliphatic rings. The molecule has 0 radical (unpaired) electrons. The topological polar surface area (TPSA) is 74.7 Å². The maximum absolute atomic E-state index is 12.3. The van der Waals surface area contributed by atoms with Gasteiger partial charge < -0.3 is 5.11 Å². The maximum atomic E-state index is 12.3. The number of nitrogens with zero attached hydrogens (tertiary/aromatic N) is 1. The van der Waals surface area contributed by atoms with E-state index < -0.39 is 21.9 Å². The Balaban J connectivity index is 2.14. The van der Waals surface area contributed by atoms with Gasteiger partial charge in [0, 0.05) is 13.1 Å². The average molecular weight is 338 g/mol. The van der Waals surface area contributed by atoms with Crippen LogP contribution in [0, 0.1) is 11.8 Å². The van der Waals surface area contributed by atoms with E-state index in [1.165, 1.54) is 22.5 Å². The molecule has 0 amide bonds. The molecule has 1 N–H and O–H groups in total. The van der Waals surface area contributed by atoms with Gasteiger partial charge in [0.1, 0.15) is 0 Å². The van der Waals surface area contributed by atoms with Crippen molar-refractivity contribution in [1.29, 1.82) is 0 Å². The third-order valence-corrected chi connectivity index (χ3v) is 6.07. The Morgan fingerprint density at radius 3 is 2.45 bits per heavy atom. The summed E-state index contributed by atoms with van der Waals surface area (Å²) in [6.07, 6.45) is 0. The van der Waals surface area contributed by atoms with Crippen molar-refractivity contribution >= 4 is 39.2 Å². The van der Waals surface area contributed by atoms with E-state index in [0.717, 1.165) is 0 Å². The zero-order valence-corrected chi connectivity index (χ0v) is 12.9. The molecule has 2 rings (SSSR count). The Labute approximate surface area is 127 Å². The molecule has 0 saturated carbocycles. The number of carbonyl (C=O) groups is 1. The first-order valence-electron chi connectivity index (χ1n) is 5.91. The summed E-state index contributed by atoms with van der Waals surface area (Å²) in [7, 11) is -3.64. The van der Waals surface area contributed by atoms with Gasteiger partial charge in [-0.05, 0) is 24.1 Å². The number of benzene rings is 1. The summed E-state index contributed by atoms with van der Waals surface area (Å²) >= 11 is 11.6. The first kappa shape index (κ1) is 15.6. The Bertz CT molecular complexity index is 641. The molecule has 1 aromatic rings. The van der Waals surface area contributed by atoms with Crippen LogP contribution in [0.1, 0.15) is 6.92 Å². The van der Waals surface area contributed by atoms with Gasteiger partial charge in [0.25, 0.3) is 0 Å². The molecule has 1 aliphatic heterocycles. The van der Waals surface area contributed by atoms with Crippen LogP contribution in [0.15, 0.2) is 23.1 Å². The molecular formula is C12H13Cl2NO4S. The van der Waals surface area contributed by atoms with Crippen molar-refractivity contribution in [3.8, 4) is 0 Å². The summed E-state index contributed by atoms with van der Waals surface area (Å²) in [5, 5.41) is 9.34. The number of sulfonamides is 1. The Kier molecular flexibility index (Phi) is 4.30. The lowest BCUT2D eigenvalue weighted by molar-refractivity contribution is -0.144. The second kappa shape index (κ2) is 5.52. The molecule has 20 heavy (non-hydrogen) atoms. The minimum Gasteiger partial charge on any atom is -0.481 e. The highest BCUT2D eigenvalue weighted by atomic mass is 35.5. The number of halogens is 2. The number of hydrogen-bond donors (Lipinski definition) is 1. The van der Waals surface area contributed by atoms with Crippen LogP contribution < -0.4 is 0 Å². The third kappa shape index (κ3) is 2.79. The van der Waals surface area contributed by atoms with Gasteiger partial charge in [0.05, 0.1) is 20.9 Å². The SMILES string of the molecule is CC(C(=O)O)C1CN(S(=O)(=O)c2ccc(Cl)c(Cl)c2)C1. The number of aliphatic carboxylic acids is 1. The van der Waals surface area contributed by atoms with E-state index in [0.29, 0.717) is 0 Å². The minimum absolute atomic E-state index is 0.0633. The lowest BCUT2D eigenvalue weighted by Gasteiger charge is -2.40. The molecule has 1 heterocycles. The van der Waals surface area contributed by atoms with E-state index in [4.69, 9.17) is 28.3 Å². The summed E-state index contributed by atoms with van der Waals surface area (Å²) in [5.74, 6) is -1.64. The van der Waals surface area contributed by atoms with E-state index in [-0.39, 0.29) is 33.9 Å². The highest BCUT2D eigenvalue weighted by Crippen LogP contribution is 2.32. The van der Waals surface area contributed by atoms with Crippen LogP contribution in [0.4, 0.5) is 0 Å². The van der Waals surface area contributed by atoms with Gasteiger partial charge in [-0.15, -0.1) is 0 Å². The Morgan fingerprint density at radius 1 is 1.35 bits per heavy atom. The van der Waals surface area contributed by atoms with Crippen molar-refractivity contribution in [1.82, 2.24) is 4.31 Å². The normalized spacial score (nSPS) is 18.6. The van der Waals surface area contributed by atoms with Crippen LogP contribution in [0.25, 0.3) is 0 Å². The van der Waals surface area contributed by atoms with Gasteiger partial charge in [-0.3, -0.25) is 4.79 Å². The molecule has 0 aliphatic carbocycles. The molecule has 1 aromatic carbocycles. The van der Waals surface area contributed by atoms with E-state index in [2.05, 4.69) is 0 Å². The average Bonchev–Trinajstić information content (AvgIpc) is 2.29. The molecule has 0 bridgehead atoms. The monoisotopic (exact) mass is 337 g/mol. The highest BCUT2D eigenvalue weighted by molar-refractivity contribution is 7.89. The minimum atomic E-state index is -3.64. The molecule has 1 atom stereocenters. The second-order valence-corrected chi connectivity index (χ2v) is 7.54.